The van der Waals surface area contributed by atoms with Crippen molar-refractivity contribution in [3.63, 3.8) is 0 Å². The average Bonchev–Trinajstić information content (AvgIpc) is 2.22. The number of halogens is 1. The van der Waals surface area contributed by atoms with Crippen molar-refractivity contribution >= 4 is 0 Å². The molecular weight excluding hydrogens is 105 g/mol. The SMILES string of the molecule is FCC1[C@H]2CNC[C@H]12. The number of nitrogens with one attached hydrogen (secondary N) is 1. The fourth-order valence-electron chi connectivity index (χ4n) is 1.78. The highest BCUT2D eigenvalue weighted by atomic mass is 19.1. The molecule has 8 heavy (non-hydrogen) atoms. The molecule has 0 aromatic heterocycles. The van der Waals surface area contributed by atoms with Gasteiger partial charge in [-0.3, -0.25) is 4.39 Å². The topological polar surface area (TPSA) is 12.0 Å². The summed E-state index contributed by atoms with van der Waals surface area (Å²) in [6, 6.07) is 0. The van der Waals surface area contributed by atoms with Gasteiger partial charge < -0.3 is 5.32 Å². The quantitative estimate of drug-likeness (QED) is 0.522. The Bertz CT molecular complexity index is 87.9. The maximum Gasteiger partial charge on any atom is 0.0929 e. The second-order valence-electron chi connectivity index (χ2n) is 2.80. The molecule has 2 rings (SSSR count). The predicted molar refractivity (Wildman–Crippen MR) is 29.3 cm³/mol. The summed E-state index contributed by atoms with van der Waals surface area (Å²) in [5.41, 5.74) is 0. The Morgan fingerprint density at radius 2 is 2.00 bits per heavy atom. The standard InChI is InChI=1S/C6H10FN/c7-1-4-5-2-8-3-6(4)5/h4-6,8H,1-3H2/t5-,6-/m1/s1. The molecule has 0 spiro atoms. The minimum atomic E-state index is -0.0863. The van der Waals surface area contributed by atoms with Crippen molar-refractivity contribution in [3.05, 3.63) is 0 Å². The summed E-state index contributed by atoms with van der Waals surface area (Å²) in [6.07, 6.45) is 0. The van der Waals surface area contributed by atoms with Crippen LogP contribution in [0.3, 0.4) is 0 Å². The molecule has 2 heteroatoms. The molecule has 2 fully saturated rings. The molecule has 46 valence electrons. The summed E-state index contributed by atoms with van der Waals surface area (Å²) in [4.78, 5) is 0. The van der Waals surface area contributed by atoms with Gasteiger partial charge >= 0.3 is 0 Å². The molecule has 0 aromatic carbocycles. The number of hydrogen-bond donors (Lipinski definition) is 1. The van der Waals surface area contributed by atoms with Crippen LogP contribution < -0.4 is 5.32 Å². The number of hydrogen-bond acceptors (Lipinski definition) is 1. The van der Waals surface area contributed by atoms with Crippen LogP contribution in [0.4, 0.5) is 4.39 Å². The summed E-state index contributed by atoms with van der Waals surface area (Å²) >= 11 is 0. The van der Waals surface area contributed by atoms with E-state index in [2.05, 4.69) is 5.32 Å². The van der Waals surface area contributed by atoms with E-state index in [1.165, 1.54) is 0 Å². The van der Waals surface area contributed by atoms with Crippen LogP contribution in [0.1, 0.15) is 0 Å². The average molecular weight is 115 g/mol. The second kappa shape index (κ2) is 1.44. The highest BCUT2D eigenvalue weighted by Crippen LogP contribution is 2.48. The van der Waals surface area contributed by atoms with Crippen LogP contribution in [0.5, 0.6) is 0 Å². The van der Waals surface area contributed by atoms with E-state index in [9.17, 15) is 4.39 Å². The molecule has 1 saturated heterocycles. The number of alkyl halides is 1. The van der Waals surface area contributed by atoms with Crippen LogP contribution in [0, 0.1) is 17.8 Å². The zero-order valence-corrected chi connectivity index (χ0v) is 4.73. The maximum absolute atomic E-state index is 11.9. The minimum absolute atomic E-state index is 0.0863. The summed E-state index contributed by atoms with van der Waals surface area (Å²) in [6.45, 7) is 2.05. The minimum Gasteiger partial charge on any atom is -0.316 e. The van der Waals surface area contributed by atoms with Crippen molar-refractivity contribution in [2.45, 2.75) is 0 Å². The zero-order chi connectivity index (χ0) is 5.56. The van der Waals surface area contributed by atoms with E-state index in [0.717, 1.165) is 13.1 Å². The summed E-state index contributed by atoms with van der Waals surface area (Å²) in [5.74, 6) is 1.86. The third kappa shape index (κ3) is 0.440. The van der Waals surface area contributed by atoms with Crippen LogP contribution in [0.25, 0.3) is 0 Å². The lowest BCUT2D eigenvalue weighted by molar-refractivity contribution is 0.413. The van der Waals surface area contributed by atoms with E-state index >= 15 is 0 Å². The van der Waals surface area contributed by atoms with Gasteiger partial charge in [0, 0.05) is 0 Å². The lowest BCUT2D eigenvalue weighted by Crippen LogP contribution is -2.15. The summed E-state index contributed by atoms with van der Waals surface area (Å²) in [7, 11) is 0. The van der Waals surface area contributed by atoms with Crippen LogP contribution >= 0.6 is 0 Å². The molecule has 0 unspecified atom stereocenters. The van der Waals surface area contributed by atoms with E-state index in [4.69, 9.17) is 0 Å². The molecule has 1 heterocycles. The van der Waals surface area contributed by atoms with Crippen molar-refractivity contribution in [2.75, 3.05) is 19.8 Å². The molecule has 0 bridgehead atoms. The Hall–Kier alpha value is -0.110. The van der Waals surface area contributed by atoms with Crippen molar-refractivity contribution in [3.8, 4) is 0 Å². The Labute approximate surface area is 48.3 Å². The largest absolute Gasteiger partial charge is 0.316 e. The first-order valence-corrected chi connectivity index (χ1v) is 3.20. The zero-order valence-electron chi connectivity index (χ0n) is 4.73. The van der Waals surface area contributed by atoms with Crippen molar-refractivity contribution in [1.82, 2.24) is 5.32 Å². The van der Waals surface area contributed by atoms with Crippen LogP contribution in [-0.2, 0) is 0 Å². The van der Waals surface area contributed by atoms with Crippen LogP contribution in [0.15, 0.2) is 0 Å². The molecule has 1 saturated carbocycles. The van der Waals surface area contributed by atoms with Gasteiger partial charge in [0.05, 0.1) is 6.67 Å². The van der Waals surface area contributed by atoms with Gasteiger partial charge in [-0.1, -0.05) is 0 Å². The first-order chi connectivity index (χ1) is 3.93. The highest BCUT2D eigenvalue weighted by molar-refractivity contribution is 5.03. The molecule has 0 aromatic rings. The van der Waals surface area contributed by atoms with Crippen LogP contribution in [0.2, 0.25) is 0 Å². The van der Waals surface area contributed by atoms with Gasteiger partial charge in [-0.2, -0.15) is 0 Å². The summed E-state index contributed by atoms with van der Waals surface area (Å²) < 4.78 is 11.9. The van der Waals surface area contributed by atoms with Gasteiger partial charge in [0.25, 0.3) is 0 Å². The Kier molecular flexibility index (Phi) is 0.852. The maximum atomic E-state index is 11.9. The molecule has 1 N–H and O–H groups in total. The van der Waals surface area contributed by atoms with Crippen LogP contribution in [-0.4, -0.2) is 19.8 Å². The normalized spacial score (nSPS) is 51.4. The Morgan fingerprint density at radius 3 is 2.38 bits per heavy atom. The third-order valence-corrected chi connectivity index (χ3v) is 2.45. The van der Waals surface area contributed by atoms with E-state index in [1.54, 1.807) is 0 Å². The Morgan fingerprint density at radius 1 is 1.38 bits per heavy atom. The van der Waals surface area contributed by atoms with Gasteiger partial charge in [0.1, 0.15) is 0 Å². The molecule has 2 atom stereocenters. The Balaban J connectivity index is 1.94. The molecule has 0 amide bonds. The fraction of sp³-hybridized carbons (Fsp3) is 1.00. The van der Waals surface area contributed by atoms with Gasteiger partial charge in [0.15, 0.2) is 0 Å². The first kappa shape index (κ1) is 4.74. The third-order valence-electron chi connectivity index (χ3n) is 2.45. The summed E-state index contributed by atoms with van der Waals surface area (Å²) in [5, 5.41) is 3.22. The number of rotatable bonds is 1. The number of fused-ring (bicyclic) bond motifs is 1. The molecule has 1 nitrogen and oxygen atoms in total. The van der Waals surface area contributed by atoms with Crippen molar-refractivity contribution in [1.29, 1.82) is 0 Å². The molecule has 0 radical (unpaired) electrons. The highest BCUT2D eigenvalue weighted by Gasteiger charge is 2.52. The lowest BCUT2D eigenvalue weighted by atomic mass is 10.3. The van der Waals surface area contributed by atoms with Gasteiger partial charge in [-0.25, -0.2) is 0 Å². The van der Waals surface area contributed by atoms with E-state index < -0.39 is 0 Å². The fourth-order valence-corrected chi connectivity index (χ4v) is 1.78. The lowest BCUT2D eigenvalue weighted by Gasteiger charge is -1.96. The van der Waals surface area contributed by atoms with E-state index in [-0.39, 0.29) is 6.67 Å². The van der Waals surface area contributed by atoms with Crippen molar-refractivity contribution in [2.24, 2.45) is 17.8 Å². The van der Waals surface area contributed by atoms with E-state index in [1.807, 2.05) is 0 Å². The first-order valence-electron chi connectivity index (χ1n) is 3.20. The smallest absolute Gasteiger partial charge is 0.0929 e. The second-order valence-corrected chi connectivity index (χ2v) is 2.80. The molecular formula is C6H10FN. The van der Waals surface area contributed by atoms with Gasteiger partial charge in [0.2, 0.25) is 0 Å². The monoisotopic (exact) mass is 115 g/mol. The predicted octanol–water partition coefficient (Wildman–Crippen LogP) is 0.421. The van der Waals surface area contributed by atoms with Gasteiger partial charge in [-0.15, -0.1) is 0 Å². The van der Waals surface area contributed by atoms with Crippen molar-refractivity contribution < 1.29 is 4.39 Å². The number of piperidine rings is 1. The molecule has 1 aliphatic carbocycles. The van der Waals surface area contributed by atoms with E-state index in [0.29, 0.717) is 17.8 Å². The molecule has 1 aliphatic heterocycles. The molecule has 2 aliphatic rings. The van der Waals surface area contributed by atoms with Gasteiger partial charge in [-0.05, 0) is 30.8 Å².